The van der Waals surface area contributed by atoms with Crippen molar-refractivity contribution in [1.29, 1.82) is 0 Å². The average Bonchev–Trinajstić information content (AvgIpc) is 0.815. The van der Waals surface area contributed by atoms with Crippen LogP contribution in [0.15, 0.2) is 140 Å². The van der Waals surface area contributed by atoms with Crippen molar-refractivity contribution in [2.45, 2.75) is 261 Å². The molecule has 0 heterocycles. The minimum absolute atomic E-state index is 0. The van der Waals surface area contributed by atoms with Crippen molar-refractivity contribution < 1.29 is 68.7 Å². The monoisotopic (exact) mass is 1380 g/mol. The number of esters is 1. The number of carbonyl (C=O) groups is 3. The van der Waals surface area contributed by atoms with Crippen LogP contribution in [0.4, 0.5) is 4.79 Å². The molecule has 97 heavy (non-hydrogen) atoms. The van der Waals surface area contributed by atoms with Gasteiger partial charge in [-0.15, -0.1) is 0 Å². The van der Waals surface area contributed by atoms with E-state index in [4.69, 9.17) is 23.1 Å². The molecule has 0 unspecified atom stereocenters. The molecule has 15 nitrogen and oxygen atoms in total. The number of rotatable bonds is 30. The molecule has 5 aromatic rings. The van der Waals surface area contributed by atoms with E-state index < -0.39 is 88.7 Å². The number of ether oxygens (including phenoxy) is 3. The fourth-order valence-electron chi connectivity index (χ4n) is 10.7. The molecule has 9 N–H and O–H groups in total. The molecule has 5 aromatic carbocycles. The maximum atomic E-state index is 13.6. The summed E-state index contributed by atoms with van der Waals surface area (Å²) in [5.41, 5.74) is 12.0. The molecule has 0 fully saturated rings. The third kappa shape index (κ3) is 29.1. The lowest BCUT2D eigenvalue weighted by atomic mass is 9.91. The average molecular weight is 1380 g/mol. The quantitative estimate of drug-likeness (QED) is 0.0129. The van der Waals surface area contributed by atoms with E-state index in [0.29, 0.717) is 32.1 Å². The summed E-state index contributed by atoms with van der Waals surface area (Å²) in [5, 5.41) is 55.0. The van der Waals surface area contributed by atoms with Crippen LogP contribution in [0.1, 0.15) is 161 Å². The van der Waals surface area contributed by atoms with Crippen molar-refractivity contribution in [3.05, 3.63) is 190 Å². The van der Waals surface area contributed by atoms with Crippen LogP contribution in [0.2, 0.25) is 36.3 Å². The van der Waals surface area contributed by atoms with Gasteiger partial charge >= 0.3 is 18.0 Å². The Morgan fingerprint density at radius 1 is 0.577 bits per heavy atom. The predicted molar refractivity (Wildman–Crippen MR) is 400 cm³/mol. The van der Waals surface area contributed by atoms with Crippen molar-refractivity contribution in [2.24, 2.45) is 11.8 Å². The van der Waals surface area contributed by atoms with Gasteiger partial charge in [0.05, 0.1) is 42.8 Å². The van der Waals surface area contributed by atoms with Gasteiger partial charge in [-0.05, 0) is 212 Å². The second kappa shape index (κ2) is 38.2. The number of alkyl carbamates (subject to hydrolysis) is 1. The first-order valence-corrected chi connectivity index (χ1v) is 39.4. The fourth-order valence-corrected chi connectivity index (χ4v) is 13.3. The highest BCUT2D eigenvalue weighted by molar-refractivity contribution is 6.74. The van der Waals surface area contributed by atoms with Crippen molar-refractivity contribution in [2.75, 3.05) is 6.61 Å². The number of quaternary nitrogens is 1. The summed E-state index contributed by atoms with van der Waals surface area (Å²) >= 11 is 0. The molecule has 0 radical (unpaired) electrons. The van der Waals surface area contributed by atoms with E-state index >= 15 is 0 Å². The highest BCUT2D eigenvalue weighted by Crippen LogP contribution is 2.41. The van der Waals surface area contributed by atoms with Crippen LogP contribution >= 0.6 is 0 Å². The Morgan fingerprint density at radius 2 is 1.01 bits per heavy atom. The molecular formula is C80H125N2O13Si2+. The number of phenols is 1. The summed E-state index contributed by atoms with van der Waals surface area (Å²) in [7, 11) is -4.81. The zero-order chi connectivity index (χ0) is 71.4. The Kier molecular flexibility index (Phi) is 34.2. The minimum atomic E-state index is -2.41. The lowest BCUT2D eigenvalue weighted by Gasteiger charge is -2.42. The van der Waals surface area contributed by atoms with E-state index in [1.807, 2.05) is 159 Å². The maximum Gasteiger partial charge on any atom is 0.407 e. The Morgan fingerprint density at radius 3 is 1.45 bits per heavy atom. The highest BCUT2D eigenvalue weighted by atomic mass is 28.4. The molecule has 0 aliphatic carbocycles. The van der Waals surface area contributed by atoms with Gasteiger partial charge in [0.1, 0.15) is 41.0 Å². The Bertz CT molecular complexity index is 3210. The number of aliphatic hydroxyl groups excluding tert-OH is 3. The number of carbonyl (C=O) groups excluding carboxylic acids is 2. The van der Waals surface area contributed by atoms with Crippen LogP contribution in [0, 0.1) is 39.5 Å². The number of benzene rings is 5. The summed E-state index contributed by atoms with van der Waals surface area (Å²) in [4.78, 5) is 39.8. The van der Waals surface area contributed by atoms with Gasteiger partial charge in [-0.3, -0.25) is 9.59 Å². The van der Waals surface area contributed by atoms with Gasteiger partial charge in [-0.1, -0.05) is 172 Å². The molecule has 5 rings (SSSR count). The lowest BCUT2D eigenvalue weighted by Crippen LogP contribution is -2.67. The Hall–Kier alpha value is -6.42. The first-order chi connectivity index (χ1) is 44.0. The molecule has 0 saturated carbocycles. The smallest absolute Gasteiger partial charge is 0.407 e. The zero-order valence-electron chi connectivity index (χ0n) is 60.8. The van der Waals surface area contributed by atoms with Crippen molar-refractivity contribution in [1.82, 2.24) is 5.32 Å². The number of aryl methyl sites for hydroxylation is 4. The molecule has 0 aromatic heterocycles. The van der Waals surface area contributed by atoms with E-state index in [2.05, 4.69) is 105 Å². The summed E-state index contributed by atoms with van der Waals surface area (Å²) in [6.07, 6.45) is 5.51. The number of aliphatic hydroxyl groups is 3. The second-order valence-electron chi connectivity index (χ2n) is 30.7. The summed E-state index contributed by atoms with van der Waals surface area (Å²) < 4.78 is 31.9. The molecule has 17 heteroatoms. The lowest BCUT2D eigenvalue weighted by molar-refractivity contribution is -0.436. The van der Waals surface area contributed by atoms with Crippen molar-refractivity contribution >= 4 is 34.7 Å². The van der Waals surface area contributed by atoms with E-state index in [1.54, 1.807) is 18.2 Å². The number of aliphatic carboxylic acids is 1. The minimum Gasteiger partial charge on any atom is -0.508 e. The number of carboxylic acid groups (broad SMARTS) is 1. The first kappa shape index (κ1) is 86.7. The SMILES string of the molecule is C.C.Cc1cc(O)cc(C)c1C[C@H]([NH3+])[C@@H](O)C/C=C/[C@H](O)[C@@H](Cc1ccccc1)C(=O)O[C@H](CO)Cc1ccccc1.Cc1cc(OC(C)(C)C)cc(C)c1C[C@H](NC(=O)OC(C)(C)C)[C@H](C/C=C/[C@H](O[Si](C)(C)C(C)(C)C)[C@@H](Cc1ccccc1)C(=O)O)O[Si](C)(C)C(C)(C)C. The summed E-state index contributed by atoms with van der Waals surface area (Å²) in [6, 6.07) is 35.3. The van der Waals surface area contributed by atoms with Crippen molar-refractivity contribution in [3.8, 4) is 11.5 Å². The van der Waals surface area contributed by atoms with Gasteiger partial charge in [-0.2, -0.15) is 0 Å². The number of carboxylic acids is 1. The molecular weight excluding hydrogens is 1250 g/mol. The van der Waals surface area contributed by atoms with Crippen molar-refractivity contribution in [3.63, 3.8) is 0 Å². The Balaban J connectivity index is 0.000000676. The van der Waals surface area contributed by atoms with Gasteiger partial charge in [0.2, 0.25) is 0 Å². The topological polar surface area (TPSA) is 238 Å². The van der Waals surface area contributed by atoms with Gasteiger partial charge in [-0.25, -0.2) is 4.79 Å². The van der Waals surface area contributed by atoms with Gasteiger partial charge in [0.15, 0.2) is 16.6 Å². The number of hydrogen-bond donors (Lipinski definition) is 7. The molecule has 540 valence electrons. The van der Waals surface area contributed by atoms with Gasteiger partial charge in [0, 0.05) is 12.8 Å². The van der Waals surface area contributed by atoms with Crippen LogP contribution in [0.3, 0.4) is 0 Å². The van der Waals surface area contributed by atoms with E-state index in [0.717, 1.165) is 55.8 Å². The second-order valence-corrected chi connectivity index (χ2v) is 40.2. The number of phenolic OH excluding ortho intramolecular Hbond substituents is 1. The summed E-state index contributed by atoms with van der Waals surface area (Å²) in [6.45, 7) is 41.2. The standard InChI is InChI=1S/C45H75NO7Si2.C33H41NO6.2CH4/c1-31-27-34(50-42(3,4)5)28-32(2)35(31)30-37(46-41(49)51-43(6,7)8)39(53-55(17,18)45(12,13)14)26-22-25-38(52-54(15,16)44(9,10)11)36(40(47)48)29-33-23-20-19-21-24-33;1-22-16-26(36)17-23(2)28(22)20-30(34)32(38)15-9-14-31(37)29(19-25-12-7-4-8-13-25)33(39)40-27(21-35)18-24-10-5-3-6-11-24;;/h19-25,27-28,36-39H,26,29-30H2,1-18H3,(H,46,49)(H,47,48);3-14,16-17,27,29-32,35-38H,15,18-21,34H2,1-2H3;2*1H4/p+1/b25-22+;14-9+;;/t36-,37+,38+,39+;27-,29+,30-,31-,32-;;/m10../s1. The van der Waals surface area contributed by atoms with E-state index in [9.17, 15) is 39.9 Å². The molecule has 0 bridgehead atoms. The van der Waals surface area contributed by atoms with Crippen LogP contribution < -0.4 is 15.8 Å². The van der Waals surface area contributed by atoms with Crippen LogP contribution in [-0.2, 0) is 60.0 Å². The third-order valence-electron chi connectivity index (χ3n) is 18.1. The van der Waals surface area contributed by atoms with E-state index in [1.165, 1.54) is 6.08 Å². The predicted octanol–water partition coefficient (Wildman–Crippen LogP) is 15.7. The normalized spacial score (nSPS) is 15.2. The van der Waals surface area contributed by atoms with Crippen LogP contribution in [0.25, 0.3) is 0 Å². The summed E-state index contributed by atoms with van der Waals surface area (Å²) in [5.74, 6) is -2.17. The molecule has 0 aliphatic rings. The highest BCUT2D eigenvalue weighted by Gasteiger charge is 2.44. The number of nitrogens with one attached hydrogen (secondary N) is 1. The maximum absolute atomic E-state index is 13.6. The Labute approximate surface area is 585 Å². The number of aromatic hydroxyl groups is 1. The fraction of sp³-hybridized carbons (Fsp3) is 0.537. The molecule has 0 spiro atoms. The van der Waals surface area contributed by atoms with Crippen LogP contribution in [-0.4, -0.2) is 121 Å². The molecule has 0 aliphatic heterocycles. The first-order valence-electron chi connectivity index (χ1n) is 33.6. The zero-order valence-corrected chi connectivity index (χ0v) is 62.8. The van der Waals surface area contributed by atoms with Gasteiger partial charge in [0.25, 0.3) is 0 Å². The largest absolute Gasteiger partial charge is 0.508 e. The van der Waals surface area contributed by atoms with Crippen LogP contribution in [0.5, 0.6) is 11.5 Å². The number of amides is 1. The number of hydrogen-bond acceptors (Lipinski definition) is 12. The molecule has 9 atom stereocenters. The van der Waals surface area contributed by atoms with Gasteiger partial charge < -0.3 is 59.6 Å². The van der Waals surface area contributed by atoms with E-state index in [-0.39, 0.29) is 61.8 Å². The third-order valence-corrected chi connectivity index (χ3v) is 27.1. The molecule has 0 saturated heterocycles. The molecule has 1 amide bonds.